The lowest BCUT2D eigenvalue weighted by Crippen LogP contribution is -2.36. The van der Waals surface area contributed by atoms with E-state index in [0.29, 0.717) is 63.3 Å². The molecule has 14 heteroatoms. The summed E-state index contributed by atoms with van der Waals surface area (Å²) in [6.07, 6.45) is 7.12. The van der Waals surface area contributed by atoms with Gasteiger partial charge in [0.05, 0.1) is 53.4 Å². The summed E-state index contributed by atoms with van der Waals surface area (Å²) in [5.41, 5.74) is 5.34. The number of nitrogens with zero attached hydrogens (tertiary/aromatic N) is 7. The van der Waals surface area contributed by atoms with Crippen molar-refractivity contribution in [3.05, 3.63) is 47.3 Å². The van der Waals surface area contributed by atoms with Crippen LogP contribution in [-0.4, -0.2) is 79.4 Å². The van der Waals surface area contributed by atoms with Crippen molar-refractivity contribution in [3.63, 3.8) is 0 Å². The van der Waals surface area contributed by atoms with Gasteiger partial charge in [-0.05, 0) is 61.1 Å². The van der Waals surface area contributed by atoms with Gasteiger partial charge in [-0.2, -0.15) is 10.1 Å². The molecule has 1 aliphatic rings. The first-order chi connectivity index (χ1) is 21.1. The Bertz CT molecular complexity index is 1760. The van der Waals surface area contributed by atoms with Gasteiger partial charge in [0, 0.05) is 61.6 Å². The van der Waals surface area contributed by atoms with Crippen molar-refractivity contribution in [3.8, 4) is 16.9 Å². The van der Waals surface area contributed by atoms with Crippen LogP contribution < -0.4 is 25.6 Å². The second-order valence-electron chi connectivity index (χ2n) is 10.4. The number of rotatable bonds is 10. The lowest BCUT2D eigenvalue weighted by molar-refractivity contribution is 0.122. The third-order valence-electron chi connectivity index (χ3n) is 7.03. The van der Waals surface area contributed by atoms with Crippen LogP contribution in [0.4, 0.5) is 40.2 Å². The van der Waals surface area contributed by atoms with Crippen LogP contribution in [0.5, 0.6) is 5.75 Å². The Balaban J connectivity index is 1.55. The van der Waals surface area contributed by atoms with Gasteiger partial charge in [0.25, 0.3) is 0 Å². The second kappa shape index (κ2) is 13.3. The fourth-order valence-corrected chi connectivity index (χ4v) is 6.74. The SMILES string of the molecule is C=Nc1ccc(Nc2nc(Nc3cc(-c4cnn(C)c4)c(N4CCOCC4)cc3OC)ncc2Br)c(P(C)(C)=O)c1N=CC. The summed E-state index contributed by atoms with van der Waals surface area (Å²) in [5.74, 6) is 1.44. The molecule has 230 valence electrons. The smallest absolute Gasteiger partial charge is 0.229 e. The first kappa shape index (κ1) is 31.4. The average Bonchev–Trinajstić information content (AvgIpc) is 3.44. The highest BCUT2D eigenvalue weighted by Crippen LogP contribution is 2.46. The minimum absolute atomic E-state index is 0.333. The normalized spacial score (nSPS) is 13.7. The van der Waals surface area contributed by atoms with Gasteiger partial charge in [-0.3, -0.25) is 14.7 Å². The van der Waals surface area contributed by atoms with Gasteiger partial charge in [0.15, 0.2) is 0 Å². The zero-order valence-corrected chi connectivity index (χ0v) is 27.8. The maximum atomic E-state index is 13.5. The number of anilines is 5. The minimum atomic E-state index is -2.82. The number of hydrogen-bond donors (Lipinski definition) is 2. The van der Waals surface area contributed by atoms with Crippen molar-refractivity contribution in [2.24, 2.45) is 17.0 Å². The van der Waals surface area contributed by atoms with Gasteiger partial charge in [-0.25, -0.2) is 4.98 Å². The van der Waals surface area contributed by atoms with E-state index in [2.05, 4.69) is 58.2 Å². The Hall–Kier alpha value is -4.06. The molecule has 2 N–H and O–H groups in total. The molecule has 0 amide bonds. The molecular formula is C30H35BrN9O3P. The number of morpholine rings is 1. The number of benzene rings is 2. The van der Waals surface area contributed by atoms with Crippen molar-refractivity contribution >= 4 is 81.5 Å². The molecule has 1 saturated heterocycles. The number of aryl methyl sites for hydroxylation is 1. The molecule has 2 aromatic carbocycles. The van der Waals surface area contributed by atoms with Crippen LogP contribution >= 0.6 is 23.1 Å². The van der Waals surface area contributed by atoms with Gasteiger partial charge >= 0.3 is 0 Å². The number of ether oxygens (including phenoxy) is 2. The van der Waals surface area contributed by atoms with E-state index in [0.717, 1.165) is 29.9 Å². The van der Waals surface area contributed by atoms with Crippen LogP contribution in [0.3, 0.4) is 0 Å². The Kier molecular flexibility index (Phi) is 9.48. The highest BCUT2D eigenvalue weighted by Gasteiger charge is 2.25. The first-order valence-electron chi connectivity index (χ1n) is 13.9. The molecule has 3 heterocycles. The molecule has 1 fully saturated rings. The summed E-state index contributed by atoms with van der Waals surface area (Å²) in [5, 5.41) is 11.6. The fourth-order valence-electron chi connectivity index (χ4n) is 5.06. The minimum Gasteiger partial charge on any atom is -0.494 e. The van der Waals surface area contributed by atoms with E-state index in [1.165, 1.54) is 0 Å². The summed E-state index contributed by atoms with van der Waals surface area (Å²) in [6, 6.07) is 7.64. The molecule has 0 unspecified atom stereocenters. The van der Waals surface area contributed by atoms with Crippen molar-refractivity contribution in [2.75, 3.05) is 62.3 Å². The Morgan fingerprint density at radius 3 is 2.57 bits per heavy atom. The number of aliphatic imine (C=N–C) groups is 2. The third kappa shape index (κ3) is 6.69. The lowest BCUT2D eigenvalue weighted by Gasteiger charge is -2.31. The van der Waals surface area contributed by atoms with Gasteiger partial charge in [0.1, 0.15) is 24.4 Å². The summed E-state index contributed by atoms with van der Waals surface area (Å²) in [6.45, 7) is 11.7. The number of nitrogens with one attached hydrogen (secondary N) is 2. The zero-order valence-electron chi connectivity index (χ0n) is 25.3. The van der Waals surface area contributed by atoms with Crippen molar-refractivity contribution in [2.45, 2.75) is 6.92 Å². The summed E-state index contributed by atoms with van der Waals surface area (Å²) in [4.78, 5) is 20.1. The molecule has 0 saturated carbocycles. The van der Waals surface area contributed by atoms with Crippen molar-refractivity contribution in [1.29, 1.82) is 0 Å². The number of hydrogen-bond acceptors (Lipinski definition) is 11. The zero-order chi connectivity index (χ0) is 31.4. The highest BCUT2D eigenvalue weighted by molar-refractivity contribution is 9.10. The highest BCUT2D eigenvalue weighted by atomic mass is 79.9. The molecule has 2 aromatic heterocycles. The molecule has 0 atom stereocenters. The van der Waals surface area contributed by atoms with Crippen LogP contribution in [-0.2, 0) is 16.3 Å². The molecule has 44 heavy (non-hydrogen) atoms. The van der Waals surface area contributed by atoms with Crippen LogP contribution in [0.2, 0.25) is 0 Å². The van der Waals surface area contributed by atoms with Crippen molar-refractivity contribution < 1.29 is 14.0 Å². The molecule has 12 nitrogen and oxygen atoms in total. The maximum Gasteiger partial charge on any atom is 0.229 e. The molecule has 0 bridgehead atoms. The molecule has 1 aliphatic heterocycles. The standard InChI is InChI=1S/C30H35BrN9O3P/c1-7-33-27-22(32-2)8-9-23(28(27)44(5,6)41)36-29-21(31)17-34-30(38-29)37-24-14-20(19-16-35-39(3)18-19)25(15-26(24)42-4)40-10-12-43-13-11-40/h7-9,14-18H,2,10-13H2,1,3-6H3,(H2,34,36,37,38). The number of methoxy groups -OCH3 is 1. The monoisotopic (exact) mass is 679 g/mol. The predicted molar refractivity (Wildman–Crippen MR) is 183 cm³/mol. The summed E-state index contributed by atoms with van der Waals surface area (Å²) < 4.78 is 27.3. The van der Waals surface area contributed by atoms with E-state index in [4.69, 9.17) is 14.5 Å². The van der Waals surface area contributed by atoms with Gasteiger partial charge in [-0.1, -0.05) is 0 Å². The van der Waals surface area contributed by atoms with E-state index >= 15 is 0 Å². The second-order valence-corrected chi connectivity index (χ2v) is 14.4. The van der Waals surface area contributed by atoms with Crippen LogP contribution in [0.15, 0.2) is 57.3 Å². The molecular weight excluding hydrogens is 645 g/mol. The maximum absolute atomic E-state index is 13.5. The van der Waals surface area contributed by atoms with E-state index < -0.39 is 7.14 Å². The van der Waals surface area contributed by atoms with E-state index in [9.17, 15) is 4.57 Å². The first-order valence-corrected chi connectivity index (χ1v) is 17.3. The largest absolute Gasteiger partial charge is 0.494 e. The quantitative estimate of drug-likeness (QED) is 0.147. The van der Waals surface area contributed by atoms with E-state index in [1.807, 2.05) is 37.6 Å². The van der Waals surface area contributed by atoms with E-state index in [1.54, 1.807) is 50.5 Å². The summed E-state index contributed by atoms with van der Waals surface area (Å²) in [7, 11) is 0.713. The Morgan fingerprint density at radius 1 is 1.16 bits per heavy atom. The topological polar surface area (TPSA) is 131 Å². The third-order valence-corrected chi connectivity index (χ3v) is 9.14. The van der Waals surface area contributed by atoms with Crippen LogP contribution in [0.1, 0.15) is 6.92 Å². The molecule has 0 spiro atoms. The Morgan fingerprint density at radius 2 is 1.93 bits per heavy atom. The average molecular weight is 681 g/mol. The van der Waals surface area contributed by atoms with E-state index in [-0.39, 0.29) is 0 Å². The van der Waals surface area contributed by atoms with Gasteiger partial charge < -0.3 is 29.6 Å². The summed E-state index contributed by atoms with van der Waals surface area (Å²) >= 11 is 3.56. The molecule has 4 aromatic rings. The molecule has 5 rings (SSSR count). The lowest BCUT2D eigenvalue weighted by atomic mass is 10.0. The van der Waals surface area contributed by atoms with Crippen LogP contribution in [0.25, 0.3) is 11.1 Å². The molecule has 0 aliphatic carbocycles. The van der Waals surface area contributed by atoms with Gasteiger partial charge in [-0.15, -0.1) is 0 Å². The number of halogens is 1. The van der Waals surface area contributed by atoms with Crippen molar-refractivity contribution in [1.82, 2.24) is 19.7 Å². The fraction of sp³-hybridized carbons (Fsp3) is 0.300. The van der Waals surface area contributed by atoms with Crippen LogP contribution in [0, 0.1) is 0 Å². The Labute approximate surface area is 265 Å². The molecule has 0 radical (unpaired) electrons. The predicted octanol–water partition coefficient (Wildman–Crippen LogP) is 6.27. The van der Waals surface area contributed by atoms with Gasteiger partial charge in [0.2, 0.25) is 5.95 Å². The number of aromatic nitrogens is 4.